The van der Waals surface area contributed by atoms with Crippen LogP contribution in [0.15, 0.2) is 18.2 Å². The maximum Gasteiger partial charge on any atom is 0.0411 e. The molecule has 0 aliphatic heterocycles. The minimum atomic E-state index is 0.434. The monoisotopic (exact) mass is 253 g/mol. The number of aryl methyl sites for hydroxylation is 1. The van der Waals surface area contributed by atoms with Crippen molar-refractivity contribution in [1.82, 2.24) is 5.32 Å². The molecule has 1 N–H and O–H groups in total. The lowest BCUT2D eigenvalue weighted by Crippen LogP contribution is -2.16. The SMILES string of the molecule is CCCCCCC(NC)c1cc(C)cc(Cl)c1. The van der Waals surface area contributed by atoms with Crippen LogP contribution in [-0.4, -0.2) is 7.05 Å². The van der Waals surface area contributed by atoms with Crippen molar-refractivity contribution >= 4 is 11.6 Å². The summed E-state index contributed by atoms with van der Waals surface area (Å²) in [5.41, 5.74) is 2.55. The Morgan fingerprint density at radius 1 is 1.18 bits per heavy atom. The smallest absolute Gasteiger partial charge is 0.0411 e. The van der Waals surface area contributed by atoms with Crippen LogP contribution in [-0.2, 0) is 0 Å². The number of nitrogens with one attached hydrogen (secondary N) is 1. The molecule has 1 aromatic carbocycles. The van der Waals surface area contributed by atoms with Gasteiger partial charge < -0.3 is 5.32 Å². The Morgan fingerprint density at radius 3 is 2.53 bits per heavy atom. The lowest BCUT2D eigenvalue weighted by molar-refractivity contribution is 0.505. The summed E-state index contributed by atoms with van der Waals surface area (Å²) in [7, 11) is 2.03. The third-order valence-electron chi connectivity index (χ3n) is 3.16. The molecule has 1 rings (SSSR count). The molecule has 2 heteroatoms. The van der Waals surface area contributed by atoms with E-state index in [1.54, 1.807) is 0 Å². The van der Waals surface area contributed by atoms with E-state index in [2.05, 4.69) is 31.3 Å². The summed E-state index contributed by atoms with van der Waals surface area (Å²) in [6, 6.07) is 6.75. The van der Waals surface area contributed by atoms with Crippen LogP contribution in [0.5, 0.6) is 0 Å². The minimum Gasteiger partial charge on any atom is -0.313 e. The first kappa shape index (κ1) is 14.5. The largest absolute Gasteiger partial charge is 0.313 e. The molecule has 0 bridgehead atoms. The van der Waals surface area contributed by atoms with Gasteiger partial charge in [-0.05, 0) is 43.7 Å². The zero-order chi connectivity index (χ0) is 12.7. The lowest BCUT2D eigenvalue weighted by atomic mass is 9.99. The van der Waals surface area contributed by atoms with Crippen molar-refractivity contribution in [3.05, 3.63) is 34.3 Å². The zero-order valence-corrected chi connectivity index (χ0v) is 12.0. The van der Waals surface area contributed by atoms with Gasteiger partial charge in [-0.25, -0.2) is 0 Å². The molecule has 0 saturated carbocycles. The Hall–Kier alpha value is -0.530. The van der Waals surface area contributed by atoms with Crippen LogP contribution in [0.2, 0.25) is 5.02 Å². The van der Waals surface area contributed by atoms with E-state index in [1.807, 2.05) is 13.1 Å². The Kier molecular flexibility index (Phi) is 6.61. The number of benzene rings is 1. The van der Waals surface area contributed by atoms with Crippen molar-refractivity contribution < 1.29 is 0 Å². The molecular formula is C15H24ClN. The summed E-state index contributed by atoms with van der Waals surface area (Å²) in [6.45, 7) is 4.34. The second-order valence-corrected chi connectivity index (χ2v) is 5.19. The Balaban J connectivity index is 2.59. The topological polar surface area (TPSA) is 12.0 Å². The molecule has 0 aliphatic rings. The van der Waals surface area contributed by atoms with Crippen LogP contribution < -0.4 is 5.32 Å². The van der Waals surface area contributed by atoms with Crippen molar-refractivity contribution in [1.29, 1.82) is 0 Å². The number of unbranched alkanes of at least 4 members (excludes halogenated alkanes) is 3. The van der Waals surface area contributed by atoms with Crippen LogP contribution >= 0.6 is 11.6 Å². The number of rotatable bonds is 7. The standard InChI is InChI=1S/C15H24ClN/c1-4-5-6-7-8-15(17-3)13-9-12(2)10-14(16)11-13/h9-11,15,17H,4-8H2,1-3H3. The molecule has 0 aliphatic carbocycles. The van der Waals surface area contributed by atoms with E-state index in [0.717, 1.165) is 5.02 Å². The highest BCUT2D eigenvalue weighted by atomic mass is 35.5. The van der Waals surface area contributed by atoms with E-state index >= 15 is 0 Å². The van der Waals surface area contributed by atoms with E-state index in [9.17, 15) is 0 Å². The molecule has 0 saturated heterocycles. The van der Waals surface area contributed by atoms with E-state index in [1.165, 1.54) is 43.2 Å². The van der Waals surface area contributed by atoms with Crippen molar-refractivity contribution in [3.8, 4) is 0 Å². The molecule has 0 spiro atoms. The van der Waals surface area contributed by atoms with Gasteiger partial charge in [0.1, 0.15) is 0 Å². The van der Waals surface area contributed by atoms with Crippen molar-refractivity contribution in [3.63, 3.8) is 0 Å². The van der Waals surface area contributed by atoms with Gasteiger partial charge in [-0.2, -0.15) is 0 Å². The Morgan fingerprint density at radius 2 is 1.94 bits per heavy atom. The summed E-state index contributed by atoms with van der Waals surface area (Å²) in [6.07, 6.45) is 6.43. The number of hydrogen-bond donors (Lipinski definition) is 1. The van der Waals surface area contributed by atoms with Gasteiger partial charge in [0.05, 0.1) is 0 Å². The van der Waals surface area contributed by atoms with Gasteiger partial charge in [0.25, 0.3) is 0 Å². The highest BCUT2D eigenvalue weighted by Gasteiger charge is 2.09. The van der Waals surface area contributed by atoms with E-state index < -0.39 is 0 Å². The molecular weight excluding hydrogens is 230 g/mol. The van der Waals surface area contributed by atoms with Gasteiger partial charge in [0.15, 0.2) is 0 Å². The Labute approximate surface area is 111 Å². The van der Waals surface area contributed by atoms with Crippen LogP contribution in [0.1, 0.15) is 56.2 Å². The van der Waals surface area contributed by atoms with Gasteiger partial charge in [0, 0.05) is 11.1 Å². The average molecular weight is 254 g/mol. The average Bonchev–Trinajstić information content (AvgIpc) is 2.28. The highest BCUT2D eigenvalue weighted by Crippen LogP contribution is 2.24. The van der Waals surface area contributed by atoms with Crippen LogP contribution in [0, 0.1) is 6.92 Å². The molecule has 0 fully saturated rings. The second-order valence-electron chi connectivity index (χ2n) is 4.75. The third-order valence-corrected chi connectivity index (χ3v) is 3.38. The molecule has 0 amide bonds. The fraction of sp³-hybridized carbons (Fsp3) is 0.600. The molecule has 0 heterocycles. The maximum absolute atomic E-state index is 6.11. The van der Waals surface area contributed by atoms with Gasteiger partial charge in [0.2, 0.25) is 0 Å². The molecule has 1 aromatic rings. The van der Waals surface area contributed by atoms with E-state index in [4.69, 9.17) is 11.6 Å². The van der Waals surface area contributed by atoms with Crippen LogP contribution in [0.4, 0.5) is 0 Å². The lowest BCUT2D eigenvalue weighted by Gasteiger charge is -2.17. The molecule has 1 nitrogen and oxygen atoms in total. The quantitative estimate of drug-likeness (QED) is 0.683. The van der Waals surface area contributed by atoms with E-state index in [0.29, 0.717) is 6.04 Å². The number of halogens is 1. The fourth-order valence-corrected chi connectivity index (χ4v) is 2.52. The van der Waals surface area contributed by atoms with Crippen molar-refractivity contribution in [2.45, 2.75) is 52.0 Å². The minimum absolute atomic E-state index is 0.434. The fourth-order valence-electron chi connectivity index (χ4n) is 2.22. The summed E-state index contributed by atoms with van der Waals surface area (Å²) in [5.74, 6) is 0. The van der Waals surface area contributed by atoms with Crippen molar-refractivity contribution in [2.24, 2.45) is 0 Å². The number of hydrogen-bond acceptors (Lipinski definition) is 1. The van der Waals surface area contributed by atoms with Crippen LogP contribution in [0.25, 0.3) is 0 Å². The Bertz CT molecular complexity index is 315. The second kappa shape index (κ2) is 7.73. The molecule has 17 heavy (non-hydrogen) atoms. The zero-order valence-electron chi connectivity index (χ0n) is 11.2. The molecule has 1 unspecified atom stereocenters. The van der Waals surface area contributed by atoms with Crippen LogP contribution in [0.3, 0.4) is 0 Å². The van der Waals surface area contributed by atoms with Gasteiger partial charge in [-0.15, -0.1) is 0 Å². The predicted molar refractivity (Wildman–Crippen MR) is 76.7 cm³/mol. The van der Waals surface area contributed by atoms with Crippen molar-refractivity contribution in [2.75, 3.05) is 7.05 Å². The normalized spacial score (nSPS) is 12.7. The van der Waals surface area contributed by atoms with Gasteiger partial charge in [-0.3, -0.25) is 0 Å². The van der Waals surface area contributed by atoms with E-state index in [-0.39, 0.29) is 0 Å². The first-order valence-electron chi connectivity index (χ1n) is 6.61. The summed E-state index contributed by atoms with van der Waals surface area (Å²) in [5, 5.41) is 4.23. The molecule has 0 aromatic heterocycles. The van der Waals surface area contributed by atoms with Gasteiger partial charge >= 0.3 is 0 Å². The molecule has 96 valence electrons. The summed E-state index contributed by atoms with van der Waals surface area (Å²) >= 11 is 6.11. The maximum atomic E-state index is 6.11. The summed E-state index contributed by atoms with van der Waals surface area (Å²) < 4.78 is 0. The first-order chi connectivity index (χ1) is 8.17. The summed E-state index contributed by atoms with van der Waals surface area (Å²) in [4.78, 5) is 0. The molecule has 0 radical (unpaired) electrons. The first-order valence-corrected chi connectivity index (χ1v) is 6.99. The third kappa shape index (κ3) is 5.10. The molecule has 1 atom stereocenters. The highest BCUT2D eigenvalue weighted by molar-refractivity contribution is 6.30. The predicted octanol–water partition coefficient (Wildman–Crippen LogP) is 4.88. The van der Waals surface area contributed by atoms with Gasteiger partial charge in [-0.1, -0.05) is 50.3 Å².